The molecule has 1 amide bonds. The van der Waals surface area contributed by atoms with E-state index < -0.39 is 16.9 Å². The highest BCUT2D eigenvalue weighted by molar-refractivity contribution is 6.30. The van der Waals surface area contributed by atoms with Crippen LogP contribution < -0.4 is 14.8 Å². The van der Waals surface area contributed by atoms with Gasteiger partial charge in [0.05, 0.1) is 25.2 Å². The van der Waals surface area contributed by atoms with E-state index in [9.17, 15) is 9.59 Å². The Morgan fingerprint density at radius 3 is 2.67 bits per heavy atom. The molecule has 0 saturated carbocycles. The second-order valence-electron chi connectivity index (χ2n) is 9.55. The van der Waals surface area contributed by atoms with Gasteiger partial charge in [-0.05, 0) is 67.9 Å². The third-order valence-corrected chi connectivity index (χ3v) is 8.09. The van der Waals surface area contributed by atoms with Crippen molar-refractivity contribution in [3.05, 3.63) is 76.3 Å². The Morgan fingerprint density at radius 1 is 1.17 bits per heavy atom. The predicted molar refractivity (Wildman–Crippen MR) is 137 cm³/mol. The van der Waals surface area contributed by atoms with Crippen molar-refractivity contribution < 1.29 is 23.8 Å². The van der Waals surface area contributed by atoms with E-state index >= 15 is 0 Å². The highest BCUT2D eigenvalue weighted by Gasteiger charge is 2.66. The van der Waals surface area contributed by atoms with E-state index in [0.717, 1.165) is 29.8 Å². The van der Waals surface area contributed by atoms with Gasteiger partial charge in [-0.3, -0.25) is 4.79 Å². The van der Waals surface area contributed by atoms with Crippen LogP contribution in [0.3, 0.4) is 0 Å². The predicted octanol–water partition coefficient (Wildman–Crippen LogP) is 3.54. The van der Waals surface area contributed by atoms with E-state index in [4.69, 9.17) is 25.8 Å². The molecule has 0 unspecified atom stereocenters. The number of piperidine rings is 1. The van der Waals surface area contributed by atoms with Crippen LogP contribution in [0.15, 0.2) is 54.6 Å². The zero-order valence-electron chi connectivity index (χ0n) is 20.5. The van der Waals surface area contributed by atoms with Gasteiger partial charge in [0.25, 0.3) is 0 Å². The van der Waals surface area contributed by atoms with Gasteiger partial charge in [0.15, 0.2) is 11.5 Å². The fourth-order valence-corrected chi connectivity index (χ4v) is 6.22. The molecule has 8 heteroatoms. The van der Waals surface area contributed by atoms with Gasteiger partial charge in [0, 0.05) is 28.8 Å². The van der Waals surface area contributed by atoms with Crippen molar-refractivity contribution in [2.75, 3.05) is 34.4 Å². The minimum absolute atomic E-state index is 0.101. The third kappa shape index (κ3) is 3.78. The summed E-state index contributed by atoms with van der Waals surface area (Å²) in [7, 11) is 5.02. The number of carbonyl (C=O) groups excluding carboxylic acids is 2. The number of rotatable bonds is 6. The van der Waals surface area contributed by atoms with E-state index in [1.54, 1.807) is 25.3 Å². The van der Waals surface area contributed by atoms with Crippen molar-refractivity contribution >= 4 is 29.6 Å². The Bertz CT molecular complexity index is 1260. The number of hydrogen-bond acceptors (Lipinski definition) is 6. The minimum atomic E-state index is -0.916. The van der Waals surface area contributed by atoms with Crippen LogP contribution in [0, 0.1) is 0 Å². The summed E-state index contributed by atoms with van der Waals surface area (Å²) in [4.78, 5) is 28.0. The largest absolute Gasteiger partial charge is 0.493 e. The summed E-state index contributed by atoms with van der Waals surface area (Å²) in [6.45, 7) is 1.20. The molecule has 3 atom stereocenters. The first kappa shape index (κ1) is 24.4. The molecular formula is C28H29ClN2O5. The highest BCUT2D eigenvalue weighted by Crippen LogP contribution is 2.59. The molecule has 1 aliphatic carbocycles. The average Bonchev–Trinajstić information content (AvgIpc) is 3.28. The van der Waals surface area contributed by atoms with Gasteiger partial charge < -0.3 is 24.4 Å². The molecular weight excluding hydrogens is 480 g/mol. The first-order valence-electron chi connectivity index (χ1n) is 11.9. The summed E-state index contributed by atoms with van der Waals surface area (Å²) in [6, 6.07) is 11.2. The number of ether oxygens (including phenoxy) is 3. The van der Waals surface area contributed by atoms with E-state index in [1.165, 1.54) is 24.8 Å². The quantitative estimate of drug-likeness (QED) is 0.475. The summed E-state index contributed by atoms with van der Waals surface area (Å²) in [6.07, 6.45) is 7.91. The Labute approximate surface area is 215 Å². The lowest BCUT2D eigenvalue weighted by molar-refractivity contribution is -0.135. The van der Waals surface area contributed by atoms with Gasteiger partial charge in [-0.25, -0.2) is 4.79 Å². The van der Waals surface area contributed by atoms with Gasteiger partial charge >= 0.3 is 5.97 Å². The van der Waals surface area contributed by atoms with E-state index in [2.05, 4.69) is 23.3 Å². The van der Waals surface area contributed by atoms with Crippen LogP contribution in [0.5, 0.6) is 11.5 Å². The molecule has 2 bridgehead atoms. The lowest BCUT2D eigenvalue weighted by Crippen LogP contribution is -2.76. The molecule has 7 nitrogen and oxygen atoms in total. The summed E-state index contributed by atoms with van der Waals surface area (Å²) in [5.41, 5.74) is 1.60. The van der Waals surface area contributed by atoms with Crippen LogP contribution in [0.2, 0.25) is 5.02 Å². The number of nitrogens with zero attached hydrogens (tertiary/aromatic N) is 1. The fourth-order valence-electron chi connectivity index (χ4n) is 6.09. The first-order valence-corrected chi connectivity index (χ1v) is 12.3. The maximum absolute atomic E-state index is 13.5. The standard InChI is InChI=1S/C28H29ClN2O5/c1-31-15-14-27-17-36-26-21(34-2)10-7-19(25(26)27)16-22(31)28(27,13-12-24(33)35-3)30-23(32)11-6-18-4-8-20(29)9-5-18/h4-13,22H,14-17H2,1-3H3,(H,30,32)/b11-6+,13-12-/t22-,27-,28-/m1/s1. The Balaban J connectivity index is 1.62. The van der Waals surface area contributed by atoms with Crippen LogP contribution in [-0.2, 0) is 26.2 Å². The summed E-state index contributed by atoms with van der Waals surface area (Å²) in [5.74, 6) is 0.648. The summed E-state index contributed by atoms with van der Waals surface area (Å²) in [5, 5.41) is 3.95. The number of halogens is 1. The maximum atomic E-state index is 13.5. The van der Waals surface area contributed by atoms with Crippen LogP contribution in [-0.4, -0.2) is 62.8 Å². The normalized spacial score (nSPS) is 26.5. The van der Waals surface area contributed by atoms with E-state index in [-0.39, 0.29) is 11.9 Å². The molecule has 2 aromatic carbocycles. The summed E-state index contributed by atoms with van der Waals surface area (Å²) < 4.78 is 16.8. The molecule has 2 aromatic rings. The number of likely N-dealkylation sites (N-methyl/N-ethyl adjacent to an activating group) is 1. The Kier molecular flexibility index (Phi) is 6.30. The van der Waals surface area contributed by atoms with Crippen molar-refractivity contribution in [2.24, 2.45) is 0 Å². The molecule has 1 N–H and O–H groups in total. The lowest BCUT2D eigenvalue weighted by Gasteiger charge is -2.60. The van der Waals surface area contributed by atoms with Crippen LogP contribution in [0.25, 0.3) is 6.08 Å². The van der Waals surface area contributed by atoms with Gasteiger partial charge in [-0.15, -0.1) is 0 Å². The number of amides is 1. The monoisotopic (exact) mass is 508 g/mol. The Hall–Kier alpha value is -3.29. The molecule has 2 heterocycles. The van der Waals surface area contributed by atoms with Gasteiger partial charge in [-0.1, -0.05) is 29.8 Å². The number of carbonyl (C=O) groups is 2. The van der Waals surface area contributed by atoms with Crippen molar-refractivity contribution in [1.29, 1.82) is 0 Å². The summed E-state index contributed by atoms with van der Waals surface area (Å²) >= 11 is 5.99. The number of benzene rings is 2. The minimum Gasteiger partial charge on any atom is -0.493 e. The van der Waals surface area contributed by atoms with Gasteiger partial charge in [-0.2, -0.15) is 0 Å². The number of methoxy groups -OCH3 is 2. The van der Waals surface area contributed by atoms with Gasteiger partial charge in [0.1, 0.15) is 6.61 Å². The van der Waals surface area contributed by atoms with Crippen molar-refractivity contribution in [3.8, 4) is 11.5 Å². The number of hydrogen-bond donors (Lipinski definition) is 1. The second-order valence-corrected chi connectivity index (χ2v) is 9.99. The maximum Gasteiger partial charge on any atom is 0.330 e. The second kappa shape index (κ2) is 9.30. The highest BCUT2D eigenvalue weighted by atomic mass is 35.5. The molecule has 36 heavy (non-hydrogen) atoms. The fraction of sp³-hybridized carbons (Fsp3) is 0.357. The molecule has 3 aliphatic rings. The van der Waals surface area contributed by atoms with E-state index in [0.29, 0.717) is 23.8 Å². The smallest absolute Gasteiger partial charge is 0.330 e. The number of nitrogens with one attached hydrogen (secondary N) is 1. The third-order valence-electron chi connectivity index (χ3n) is 7.83. The number of fused-ring (bicyclic) bond motifs is 1. The van der Waals surface area contributed by atoms with Crippen LogP contribution in [0.1, 0.15) is 23.1 Å². The molecule has 1 saturated heterocycles. The first-order chi connectivity index (χ1) is 17.3. The number of likely N-dealkylation sites (tertiary alicyclic amines) is 1. The SMILES string of the molecule is COC(=O)/C=C\[C@@]1(NC(=O)/C=C/c2ccc(Cl)cc2)[C@H]2Cc3ccc(OC)c4c3[C@@]1(CCN2C)CO4. The van der Waals surface area contributed by atoms with Crippen molar-refractivity contribution in [1.82, 2.24) is 10.2 Å². The topological polar surface area (TPSA) is 77.1 Å². The number of esters is 1. The Morgan fingerprint density at radius 2 is 1.94 bits per heavy atom. The molecule has 0 aromatic heterocycles. The molecule has 0 radical (unpaired) electrons. The van der Waals surface area contributed by atoms with E-state index in [1.807, 2.05) is 24.3 Å². The zero-order valence-corrected chi connectivity index (χ0v) is 21.3. The molecule has 2 aliphatic heterocycles. The van der Waals surface area contributed by atoms with Crippen molar-refractivity contribution in [2.45, 2.75) is 29.8 Å². The van der Waals surface area contributed by atoms with Crippen molar-refractivity contribution in [3.63, 3.8) is 0 Å². The molecule has 1 spiro atoms. The van der Waals surface area contributed by atoms with Crippen LogP contribution >= 0.6 is 11.6 Å². The average molecular weight is 509 g/mol. The zero-order chi connectivity index (χ0) is 25.5. The molecule has 188 valence electrons. The molecule has 1 fully saturated rings. The van der Waals surface area contributed by atoms with Gasteiger partial charge in [0.2, 0.25) is 5.91 Å². The molecule has 5 rings (SSSR count). The van der Waals surface area contributed by atoms with Crippen LogP contribution in [0.4, 0.5) is 0 Å². The lowest BCUT2D eigenvalue weighted by atomic mass is 9.53.